The topological polar surface area (TPSA) is 20.3 Å². The van der Waals surface area contributed by atoms with Gasteiger partial charge in [0.25, 0.3) is 0 Å². The number of thioether (sulfide) groups is 1. The van der Waals surface area contributed by atoms with Crippen molar-refractivity contribution in [2.24, 2.45) is 0 Å². The van der Waals surface area contributed by atoms with Crippen molar-refractivity contribution in [2.75, 3.05) is 25.1 Å². The molecule has 1 rings (SSSR count). The van der Waals surface area contributed by atoms with Gasteiger partial charge in [0.2, 0.25) is 0 Å². The average Bonchev–Trinajstić information content (AvgIpc) is 2.15. The Kier molecular flexibility index (Phi) is 4.34. The van der Waals surface area contributed by atoms with Crippen LogP contribution in [-0.4, -0.2) is 41.8 Å². The van der Waals surface area contributed by atoms with E-state index in [4.69, 9.17) is 0 Å². The van der Waals surface area contributed by atoms with E-state index in [1.54, 1.807) is 6.92 Å². The molecule has 1 aliphatic rings. The van der Waals surface area contributed by atoms with E-state index < -0.39 is 0 Å². The fraction of sp³-hybridized carbons (Fsp3) is 0.700. The molecule has 0 N–H and O–H groups in total. The van der Waals surface area contributed by atoms with Crippen LogP contribution in [-0.2, 0) is 4.79 Å². The fourth-order valence-electron chi connectivity index (χ4n) is 1.32. The van der Waals surface area contributed by atoms with E-state index in [9.17, 15) is 4.79 Å². The molecule has 3 heteroatoms. The van der Waals surface area contributed by atoms with Crippen LogP contribution in [0.1, 0.15) is 13.3 Å². The average molecular weight is 197 g/mol. The second kappa shape index (κ2) is 5.31. The van der Waals surface area contributed by atoms with Crippen LogP contribution >= 0.6 is 11.8 Å². The van der Waals surface area contributed by atoms with Gasteiger partial charge in [-0.15, -0.1) is 5.92 Å². The summed E-state index contributed by atoms with van der Waals surface area (Å²) in [7, 11) is 2.02. The van der Waals surface area contributed by atoms with Crippen LogP contribution in [0.15, 0.2) is 0 Å². The molecule has 1 unspecified atom stereocenters. The molecule has 1 saturated heterocycles. The molecule has 0 aromatic carbocycles. The maximum absolute atomic E-state index is 11.6. The molecule has 0 radical (unpaired) electrons. The van der Waals surface area contributed by atoms with E-state index in [-0.39, 0.29) is 11.8 Å². The molecule has 2 nitrogen and oxygen atoms in total. The minimum Gasteiger partial charge on any atom is -0.297 e. The summed E-state index contributed by atoms with van der Waals surface area (Å²) in [5, 5.41) is 0. The maximum Gasteiger partial charge on any atom is 0.162 e. The van der Waals surface area contributed by atoms with Crippen molar-refractivity contribution in [3.8, 4) is 11.8 Å². The normalized spacial score (nSPS) is 23.4. The van der Waals surface area contributed by atoms with Crippen molar-refractivity contribution in [3.63, 3.8) is 0 Å². The molecule has 13 heavy (non-hydrogen) atoms. The minimum atomic E-state index is 0.0969. The molecule has 0 aromatic heterocycles. The summed E-state index contributed by atoms with van der Waals surface area (Å²) >= 11 is 1.86. The van der Waals surface area contributed by atoms with Gasteiger partial charge in [-0.1, -0.05) is 5.92 Å². The highest BCUT2D eigenvalue weighted by Gasteiger charge is 2.24. The molecule has 0 bridgehead atoms. The zero-order valence-corrected chi connectivity index (χ0v) is 8.99. The maximum atomic E-state index is 11.6. The summed E-state index contributed by atoms with van der Waals surface area (Å²) in [5.74, 6) is 7.92. The number of nitrogens with zero attached hydrogens (tertiary/aromatic N) is 1. The molecule has 1 atom stereocenters. The summed E-state index contributed by atoms with van der Waals surface area (Å²) in [6, 6.07) is 0.0969. The molecule has 0 aromatic rings. The predicted octanol–water partition coefficient (Wildman–Crippen LogP) is 1.02. The van der Waals surface area contributed by atoms with Crippen molar-refractivity contribution in [1.29, 1.82) is 0 Å². The molecule has 1 heterocycles. The largest absolute Gasteiger partial charge is 0.297 e. The van der Waals surface area contributed by atoms with Gasteiger partial charge in [-0.05, 0) is 14.0 Å². The zero-order valence-electron chi connectivity index (χ0n) is 8.17. The summed E-state index contributed by atoms with van der Waals surface area (Å²) in [5.41, 5.74) is 0. The zero-order chi connectivity index (χ0) is 9.68. The third-order valence-corrected chi connectivity index (χ3v) is 3.23. The van der Waals surface area contributed by atoms with Gasteiger partial charge < -0.3 is 0 Å². The molecule has 0 saturated carbocycles. The number of hydrogen-bond donors (Lipinski definition) is 0. The number of rotatable bonds is 2. The first-order chi connectivity index (χ1) is 6.25. The van der Waals surface area contributed by atoms with E-state index in [0.29, 0.717) is 6.42 Å². The first-order valence-electron chi connectivity index (χ1n) is 4.46. The third kappa shape index (κ3) is 3.06. The van der Waals surface area contributed by atoms with Crippen LogP contribution in [0.3, 0.4) is 0 Å². The van der Waals surface area contributed by atoms with Crippen LogP contribution in [0.25, 0.3) is 0 Å². The van der Waals surface area contributed by atoms with E-state index in [1.165, 1.54) is 0 Å². The van der Waals surface area contributed by atoms with E-state index in [2.05, 4.69) is 16.7 Å². The first kappa shape index (κ1) is 10.6. The Bertz CT molecular complexity index is 241. The van der Waals surface area contributed by atoms with Crippen LogP contribution in [0.5, 0.6) is 0 Å². The van der Waals surface area contributed by atoms with Gasteiger partial charge in [-0.25, -0.2) is 0 Å². The number of ketones is 1. The molecule has 1 fully saturated rings. The van der Waals surface area contributed by atoms with Gasteiger partial charge in [0.05, 0.1) is 12.5 Å². The Morgan fingerprint density at radius 3 is 3.08 bits per heavy atom. The smallest absolute Gasteiger partial charge is 0.162 e. The van der Waals surface area contributed by atoms with E-state index in [0.717, 1.165) is 18.1 Å². The van der Waals surface area contributed by atoms with Gasteiger partial charge in [-0.2, -0.15) is 11.8 Å². The molecule has 0 spiro atoms. The highest BCUT2D eigenvalue weighted by atomic mass is 32.2. The number of hydrogen-bond acceptors (Lipinski definition) is 3. The van der Waals surface area contributed by atoms with Crippen LogP contribution < -0.4 is 0 Å². The molecule has 0 aliphatic carbocycles. The van der Waals surface area contributed by atoms with Crippen LogP contribution in [0.2, 0.25) is 0 Å². The highest BCUT2D eigenvalue weighted by molar-refractivity contribution is 7.99. The van der Waals surface area contributed by atoms with Gasteiger partial charge in [0, 0.05) is 18.1 Å². The number of likely N-dealkylation sites (N-methyl/N-ethyl adjacent to an activating group) is 1. The summed E-state index contributed by atoms with van der Waals surface area (Å²) < 4.78 is 0. The van der Waals surface area contributed by atoms with E-state index in [1.807, 2.05) is 18.8 Å². The Morgan fingerprint density at radius 1 is 1.69 bits per heavy atom. The van der Waals surface area contributed by atoms with Crippen LogP contribution in [0.4, 0.5) is 0 Å². The highest BCUT2D eigenvalue weighted by Crippen LogP contribution is 2.15. The monoisotopic (exact) mass is 197 g/mol. The molecule has 72 valence electrons. The number of Topliss-reactive ketones (excluding diaryl/α,β-unsaturated/α-hetero) is 1. The lowest BCUT2D eigenvalue weighted by Gasteiger charge is -2.30. The summed E-state index contributed by atoms with van der Waals surface area (Å²) in [4.78, 5) is 13.7. The van der Waals surface area contributed by atoms with Crippen molar-refractivity contribution in [1.82, 2.24) is 4.90 Å². The SMILES string of the molecule is CC#CCC(=O)C1CSCCN1C. The standard InChI is InChI=1S/C10H15NOS/c1-3-4-5-10(12)9-8-13-7-6-11(9)2/h9H,5-8H2,1-2H3. The Morgan fingerprint density at radius 2 is 2.46 bits per heavy atom. The fourth-order valence-corrected chi connectivity index (χ4v) is 2.57. The van der Waals surface area contributed by atoms with Crippen LogP contribution in [0, 0.1) is 11.8 Å². The minimum absolute atomic E-state index is 0.0969. The molecule has 1 aliphatic heterocycles. The Hall–Kier alpha value is -0.460. The van der Waals surface area contributed by atoms with Crippen molar-refractivity contribution in [2.45, 2.75) is 19.4 Å². The lowest BCUT2D eigenvalue weighted by Crippen LogP contribution is -2.44. The Labute approximate surface area is 84.1 Å². The first-order valence-corrected chi connectivity index (χ1v) is 5.61. The van der Waals surface area contributed by atoms with E-state index >= 15 is 0 Å². The number of carbonyl (C=O) groups excluding carboxylic acids is 1. The second-order valence-electron chi connectivity index (χ2n) is 3.14. The molecule has 0 amide bonds. The Balaban J connectivity index is 2.47. The van der Waals surface area contributed by atoms with Gasteiger partial charge in [-0.3, -0.25) is 9.69 Å². The van der Waals surface area contributed by atoms with Gasteiger partial charge >= 0.3 is 0 Å². The quantitative estimate of drug-likeness (QED) is 0.616. The second-order valence-corrected chi connectivity index (χ2v) is 4.29. The van der Waals surface area contributed by atoms with Crippen molar-refractivity contribution in [3.05, 3.63) is 0 Å². The number of carbonyl (C=O) groups is 1. The lowest BCUT2D eigenvalue weighted by atomic mass is 10.1. The lowest BCUT2D eigenvalue weighted by molar-refractivity contribution is -0.122. The summed E-state index contributed by atoms with van der Waals surface area (Å²) in [6.45, 7) is 2.78. The predicted molar refractivity (Wildman–Crippen MR) is 56.8 cm³/mol. The third-order valence-electron chi connectivity index (χ3n) is 2.21. The molecular weight excluding hydrogens is 182 g/mol. The van der Waals surface area contributed by atoms with Crippen molar-refractivity contribution >= 4 is 17.5 Å². The van der Waals surface area contributed by atoms with Gasteiger partial charge in [0.15, 0.2) is 5.78 Å². The van der Waals surface area contributed by atoms with Crippen molar-refractivity contribution < 1.29 is 4.79 Å². The molecular formula is C10H15NOS. The van der Waals surface area contributed by atoms with Gasteiger partial charge in [0.1, 0.15) is 0 Å². The summed E-state index contributed by atoms with van der Waals surface area (Å²) in [6.07, 6.45) is 0.409.